The Morgan fingerprint density at radius 2 is 1.67 bits per heavy atom. The van der Waals surface area contributed by atoms with E-state index in [1.54, 1.807) is 0 Å². The van der Waals surface area contributed by atoms with Gasteiger partial charge in [-0.1, -0.05) is 45.2 Å². The largest absolute Gasteiger partial charge is 0.319 e. The summed E-state index contributed by atoms with van der Waals surface area (Å²) in [4.78, 5) is 0. The molecule has 0 aliphatic rings. The van der Waals surface area contributed by atoms with Gasteiger partial charge in [-0.2, -0.15) is 0 Å². The Morgan fingerprint density at radius 3 is 2.13 bits per heavy atom. The molecule has 0 rings (SSSR count). The third-order valence-corrected chi connectivity index (χ3v) is 6.78. The Morgan fingerprint density at radius 1 is 1.07 bits per heavy atom. The van der Waals surface area contributed by atoms with Crippen LogP contribution in [0, 0.1) is 0 Å². The molecule has 0 aromatic carbocycles. The van der Waals surface area contributed by atoms with E-state index < -0.39 is 16.1 Å². The molecule has 0 bridgehead atoms. The van der Waals surface area contributed by atoms with E-state index in [2.05, 4.69) is 50.3 Å². The molecule has 3 heteroatoms. The van der Waals surface area contributed by atoms with Crippen LogP contribution in [0.2, 0.25) is 38.8 Å². The van der Waals surface area contributed by atoms with Gasteiger partial charge in [0.15, 0.2) is 0 Å². The first-order valence-corrected chi connectivity index (χ1v) is 13.1. The quantitative estimate of drug-likeness (QED) is 0.507. The molecule has 0 unspecified atom stereocenters. The standard InChI is InChI=1S/C12H29NSi2/c1-7-15(5,6)12-13-10-8-9-11-14(2,3)4/h7,13H,1,8-12H2,2-6H3. The monoisotopic (exact) mass is 243 g/mol. The van der Waals surface area contributed by atoms with Crippen molar-refractivity contribution in [3.05, 3.63) is 12.3 Å². The van der Waals surface area contributed by atoms with Crippen molar-refractivity contribution in [2.75, 3.05) is 12.7 Å². The fourth-order valence-electron chi connectivity index (χ4n) is 1.39. The van der Waals surface area contributed by atoms with E-state index in [-0.39, 0.29) is 0 Å². The molecule has 0 aromatic heterocycles. The maximum absolute atomic E-state index is 3.91. The molecule has 0 fully saturated rings. The van der Waals surface area contributed by atoms with Crippen molar-refractivity contribution >= 4 is 16.1 Å². The topological polar surface area (TPSA) is 12.0 Å². The number of nitrogens with one attached hydrogen (secondary N) is 1. The SMILES string of the molecule is C=C[Si](C)(C)CNCCCC[Si](C)(C)C. The normalized spacial score (nSPS) is 12.9. The summed E-state index contributed by atoms with van der Waals surface area (Å²) in [5.41, 5.74) is 2.17. The van der Waals surface area contributed by atoms with Crippen LogP contribution < -0.4 is 5.32 Å². The lowest BCUT2D eigenvalue weighted by atomic mass is 10.3. The molecule has 0 spiro atoms. The van der Waals surface area contributed by atoms with Gasteiger partial charge < -0.3 is 5.32 Å². The van der Waals surface area contributed by atoms with Crippen LogP contribution in [-0.4, -0.2) is 28.9 Å². The summed E-state index contributed by atoms with van der Waals surface area (Å²) in [7, 11) is -1.91. The maximum atomic E-state index is 3.91. The third-order valence-electron chi connectivity index (χ3n) is 2.66. The first-order valence-electron chi connectivity index (χ1n) is 6.11. The van der Waals surface area contributed by atoms with Crippen molar-refractivity contribution in [1.29, 1.82) is 0 Å². The molecule has 1 nitrogen and oxygen atoms in total. The minimum Gasteiger partial charge on any atom is -0.319 e. The van der Waals surface area contributed by atoms with Crippen LogP contribution in [0.4, 0.5) is 0 Å². The van der Waals surface area contributed by atoms with Gasteiger partial charge in [0, 0.05) is 8.07 Å². The van der Waals surface area contributed by atoms with Crippen LogP contribution in [0.3, 0.4) is 0 Å². The highest BCUT2D eigenvalue weighted by atomic mass is 28.3. The Bertz CT molecular complexity index is 183. The summed E-state index contributed by atoms with van der Waals surface area (Å²) in [5.74, 6) is 0. The molecule has 0 amide bonds. The molecule has 15 heavy (non-hydrogen) atoms. The summed E-state index contributed by atoms with van der Waals surface area (Å²) < 4.78 is 0. The Labute approximate surface area is 98.4 Å². The third kappa shape index (κ3) is 10.4. The molecule has 0 atom stereocenters. The second kappa shape index (κ2) is 6.66. The Kier molecular flexibility index (Phi) is 6.72. The lowest BCUT2D eigenvalue weighted by molar-refractivity contribution is 0.687. The lowest BCUT2D eigenvalue weighted by Crippen LogP contribution is -2.38. The number of hydrogen-bond acceptors (Lipinski definition) is 1. The fraction of sp³-hybridized carbons (Fsp3) is 0.833. The fourth-order valence-corrected chi connectivity index (χ4v) is 3.66. The van der Waals surface area contributed by atoms with Gasteiger partial charge >= 0.3 is 0 Å². The van der Waals surface area contributed by atoms with Crippen LogP contribution >= 0.6 is 0 Å². The van der Waals surface area contributed by atoms with Gasteiger partial charge in [0.05, 0.1) is 8.07 Å². The second-order valence-corrected chi connectivity index (χ2v) is 16.7. The summed E-state index contributed by atoms with van der Waals surface area (Å²) in [6.07, 6.45) is 3.92. The van der Waals surface area contributed by atoms with Gasteiger partial charge in [0.1, 0.15) is 0 Å². The van der Waals surface area contributed by atoms with Gasteiger partial charge in [0.2, 0.25) is 0 Å². The van der Waals surface area contributed by atoms with Gasteiger partial charge in [-0.25, -0.2) is 0 Å². The van der Waals surface area contributed by atoms with Crippen LogP contribution in [-0.2, 0) is 0 Å². The first-order chi connectivity index (χ1) is 6.77. The highest BCUT2D eigenvalue weighted by Gasteiger charge is 2.15. The van der Waals surface area contributed by atoms with Crippen molar-refractivity contribution in [1.82, 2.24) is 5.32 Å². The highest BCUT2D eigenvalue weighted by Crippen LogP contribution is 2.12. The minimum atomic E-state index is -1.11. The molecule has 0 heterocycles. The van der Waals surface area contributed by atoms with Gasteiger partial charge in [-0.3, -0.25) is 0 Å². The Balaban J connectivity index is 3.37. The van der Waals surface area contributed by atoms with Gasteiger partial charge in [0.25, 0.3) is 0 Å². The van der Waals surface area contributed by atoms with E-state index in [1.165, 1.54) is 31.6 Å². The van der Waals surface area contributed by atoms with E-state index in [0.717, 1.165) is 0 Å². The van der Waals surface area contributed by atoms with E-state index in [0.29, 0.717) is 0 Å². The Hall–Kier alpha value is 0.134. The lowest BCUT2D eigenvalue weighted by Gasteiger charge is -2.18. The highest BCUT2D eigenvalue weighted by molar-refractivity contribution is 6.82. The van der Waals surface area contributed by atoms with Crippen molar-refractivity contribution in [2.45, 2.75) is 51.6 Å². The van der Waals surface area contributed by atoms with Crippen LogP contribution in [0.25, 0.3) is 0 Å². The van der Waals surface area contributed by atoms with E-state index in [9.17, 15) is 0 Å². The summed E-state index contributed by atoms with van der Waals surface area (Å²) in [5, 5.41) is 3.57. The number of rotatable bonds is 8. The minimum absolute atomic E-state index is 0.796. The van der Waals surface area contributed by atoms with Gasteiger partial charge in [-0.15, -0.1) is 12.3 Å². The molecule has 0 saturated carbocycles. The molecule has 0 aliphatic carbocycles. The van der Waals surface area contributed by atoms with E-state index in [1.807, 2.05) is 0 Å². The predicted octanol–water partition coefficient (Wildman–Crippen LogP) is 3.67. The van der Waals surface area contributed by atoms with Gasteiger partial charge in [-0.05, 0) is 19.1 Å². The predicted molar refractivity (Wildman–Crippen MR) is 77.9 cm³/mol. The molecule has 0 saturated heterocycles. The van der Waals surface area contributed by atoms with E-state index in [4.69, 9.17) is 0 Å². The zero-order valence-corrected chi connectivity index (χ0v) is 13.3. The smallest absolute Gasteiger partial charge is 0.0851 e. The molecule has 0 radical (unpaired) electrons. The van der Waals surface area contributed by atoms with Crippen LogP contribution in [0.1, 0.15) is 12.8 Å². The molecular formula is C12H29NSi2. The maximum Gasteiger partial charge on any atom is 0.0851 e. The van der Waals surface area contributed by atoms with E-state index >= 15 is 0 Å². The van der Waals surface area contributed by atoms with Crippen molar-refractivity contribution in [3.8, 4) is 0 Å². The zero-order valence-electron chi connectivity index (χ0n) is 11.3. The van der Waals surface area contributed by atoms with Crippen molar-refractivity contribution < 1.29 is 0 Å². The second-order valence-electron chi connectivity index (χ2n) is 6.39. The molecule has 90 valence electrons. The van der Waals surface area contributed by atoms with Crippen LogP contribution in [0.5, 0.6) is 0 Å². The molecule has 1 N–H and O–H groups in total. The van der Waals surface area contributed by atoms with Crippen molar-refractivity contribution in [3.63, 3.8) is 0 Å². The first kappa shape index (κ1) is 15.1. The van der Waals surface area contributed by atoms with Crippen LogP contribution in [0.15, 0.2) is 12.3 Å². The average Bonchev–Trinajstić information content (AvgIpc) is 2.09. The zero-order chi connectivity index (χ0) is 11.9. The molecular weight excluding hydrogens is 214 g/mol. The van der Waals surface area contributed by atoms with Crippen molar-refractivity contribution in [2.24, 2.45) is 0 Å². The number of hydrogen-bond donors (Lipinski definition) is 1. The summed E-state index contributed by atoms with van der Waals surface area (Å²) in [6, 6.07) is 1.47. The summed E-state index contributed by atoms with van der Waals surface area (Å²) in [6.45, 7) is 17.2. The molecule has 0 aromatic rings. The average molecular weight is 244 g/mol. The summed E-state index contributed by atoms with van der Waals surface area (Å²) >= 11 is 0. The number of unbranched alkanes of at least 4 members (excludes halogenated alkanes) is 1. The molecule has 0 aliphatic heterocycles.